The molecule has 0 aliphatic carbocycles. The number of likely N-dealkylation sites (tertiary alicyclic amines) is 1. The first-order chi connectivity index (χ1) is 13.6. The quantitative estimate of drug-likeness (QED) is 0.522. The molecule has 9 nitrogen and oxygen atoms in total. The van der Waals surface area contributed by atoms with E-state index in [4.69, 9.17) is 15.6 Å². The summed E-state index contributed by atoms with van der Waals surface area (Å²) in [6.45, 7) is 6.24. The fourth-order valence-electron chi connectivity index (χ4n) is 3.88. The summed E-state index contributed by atoms with van der Waals surface area (Å²) in [4.78, 5) is 26.0. The van der Waals surface area contributed by atoms with E-state index in [9.17, 15) is 4.79 Å². The van der Waals surface area contributed by atoms with Gasteiger partial charge in [0.05, 0.1) is 13.2 Å². The molecule has 4 N–H and O–H groups in total. The van der Waals surface area contributed by atoms with Crippen LogP contribution in [-0.4, -0.2) is 62.4 Å². The molecule has 0 aromatic carbocycles. The van der Waals surface area contributed by atoms with E-state index in [0.717, 1.165) is 45.3 Å². The minimum atomic E-state index is -0.216. The molecule has 1 fully saturated rings. The molecule has 0 amide bonds. The summed E-state index contributed by atoms with van der Waals surface area (Å²) in [6, 6.07) is 0.220. The number of ether oxygens (including phenoxy) is 1. The van der Waals surface area contributed by atoms with Crippen LogP contribution in [0.2, 0.25) is 0 Å². The van der Waals surface area contributed by atoms with Gasteiger partial charge in [0.1, 0.15) is 5.52 Å². The molecule has 1 aliphatic rings. The molecule has 0 saturated carbocycles. The molecular weight excluding hydrogens is 360 g/mol. The maximum atomic E-state index is 12.4. The second kappa shape index (κ2) is 9.88. The Balaban J connectivity index is 1.65. The minimum Gasteiger partial charge on any atom is -0.463 e. The SMILES string of the molecule is CCCCOc1nc(N)c2[nH]c(=O)n(CCCC3CCCN(CCO)C3)c2n1. The average molecular weight is 393 g/mol. The number of aromatic amines is 1. The van der Waals surface area contributed by atoms with Crippen molar-refractivity contribution in [1.29, 1.82) is 0 Å². The van der Waals surface area contributed by atoms with Gasteiger partial charge in [-0.15, -0.1) is 0 Å². The van der Waals surface area contributed by atoms with Gasteiger partial charge in [0.2, 0.25) is 0 Å². The predicted molar refractivity (Wildman–Crippen MR) is 108 cm³/mol. The van der Waals surface area contributed by atoms with Crippen molar-refractivity contribution in [2.24, 2.45) is 5.92 Å². The smallest absolute Gasteiger partial charge is 0.327 e. The van der Waals surface area contributed by atoms with Crippen LogP contribution in [0, 0.1) is 5.92 Å². The van der Waals surface area contributed by atoms with E-state index in [-0.39, 0.29) is 24.1 Å². The van der Waals surface area contributed by atoms with Crippen molar-refractivity contribution in [1.82, 2.24) is 24.4 Å². The van der Waals surface area contributed by atoms with Gasteiger partial charge in [-0.25, -0.2) is 4.79 Å². The Kier molecular flexibility index (Phi) is 7.27. The van der Waals surface area contributed by atoms with E-state index in [1.807, 2.05) is 0 Å². The van der Waals surface area contributed by atoms with Crippen molar-refractivity contribution >= 4 is 17.0 Å². The van der Waals surface area contributed by atoms with Crippen molar-refractivity contribution in [2.75, 3.05) is 38.6 Å². The Morgan fingerprint density at radius 3 is 2.96 bits per heavy atom. The van der Waals surface area contributed by atoms with Crippen LogP contribution in [0.4, 0.5) is 5.82 Å². The number of nitrogen functional groups attached to an aromatic ring is 1. The highest BCUT2D eigenvalue weighted by molar-refractivity contribution is 5.81. The lowest BCUT2D eigenvalue weighted by molar-refractivity contribution is 0.134. The van der Waals surface area contributed by atoms with Crippen LogP contribution in [0.5, 0.6) is 6.01 Å². The standard InChI is InChI=1S/C19H32N6O3/c1-2-3-12-28-18-22-16(20)15-17(23-18)25(19(27)21-15)9-5-7-14-6-4-8-24(13-14)10-11-26/h14,26H,2-13H2,1H3,(H,21,27)(H2,20,22,23). The molecule has 2 aromatic rings. The summed E-state index contributed by atoms with van der Waals surface area (Å²) in [6.07, 6.45) is 6.23. The number of β-amino-alcohol motifs (C(OH)–C–C–N with tert-alkyl or cyclic N) is 1. The summed E-state index contributed by atoms with van der Waals surface area (Å²) >= 11 is 0. The van der Waals surface area contributed by atoms with Gasteiger partial charge in [0.25, 0.3) is 0 Å². The molecule has 1 unspecified atom stereocenters. The molecule has 1 atom stereocenters. The van der Waals surface area contributed by atoms with Gasteiger partial charge in [-0.05, 0) is 44.6 Å². The first kappa shape index (κ1) is 20.6. The predicted octanol–water partition coefficient (Wildman–Crippen LogP) is 1.37. The van der Waals surface area contributed by atoms with Crippen molar-refractivity contribution in [3.63, 3.8) is 0 Å². The zero-order valence-corrected chi connectivity index (χ0v) is 16.7. The van der Waals surface area contributed by atoms with Crippen molar-refractivity contribution in [3.05, 3.63) is 10.5 Å². The largest absolute Gasteiger partial charge is 0.463 e. The van der Waals surface area contributed by atoms with Gasteiger partial charge in [0, 0.05) is 19.6 Å². The maximum absolute atomic E-state index is 12.4. The molecule has 0 bridgehead atoms. The zero-order chi connectivity index (χ0) is 19.9. The lowest BCUT2D eigenvalue weighted by Crippen LogP contribution is -2.37. The van der Waals surface area contributed by atoms with E-state index in [1.165, 1.54) is 12.8 Å². The van der Waals surface area contributed by atoms with Crippen LogP contribution in [-0.2, 0) is 6.54 Å². The molecule has 3 rings (SSSR count). The fraction of sp³-hybridized carbons (Fsp3) is 0.737. The van der Waals surface area contributed by atoms with Gasteiger partial charge in [0.15, 0.2) is 11.5 Å². The molecule has 2 aromatic heterocycles. The molecule has 1 aliphatic heterocycles. The number of nitrogens with one attached hydrogen (secondary N) is 1. The van der Waals surface area contributed by atoms with E-state index >= 15 is 0 Å². The summed E-state index contributed by atoms with van der Waals surface area (Å²) in [7, 11) is 0. The van der Waals surface area contributed by atoms with Gasteiger partial charge in [-0.1, -0.05) is 13.3 Å². The number of fused-ring (bicyclic) bond motifs is 1. The maximum Gasteiger partial charge on any atom is 0.327 e. The number of anilines is 1. The highest BCUT2D eigenvalue weighted by Crippen LogP contribution is 2.22. The van der Waals surface area contributed by atoms with Crippen LogP contribution in [0.15, 0.2) is 4.79 Å². The monoisotopic (exact) mass is 392 g/mol. The minimum absolute atomic E-state index is 0.210. The molecule has 9 heteroatoms. The fourth-order valence-corrected chi connectivity index (χ4v) is 3.88. The van der Waals surface area contributed by atoms with E-state index in [0.29, 0.717) is 30.2 Å². The van der Waals surface area contributed by atoms with Crippen LogP contribution in [0.25, 0.3) is 11.2 Å². The second-order valence-electron chi connectivity index (χ2n) is 7.55. The number of unbranched alkanes of at least 4 members (excludes halogenated alkanes) is 1. The van der Waals surface area contributed by atoms with Gasteiger partial charge in [-0.3, -0.25) is 4.57 Å². The third-order valence-corrected chi connectivity index (χ3v) is 5.37. The molecule has 0 spiro atoms. The van der Waals surface area contributed by atoms with Crippen LogP contribution in [0.1, 0.15) is 45.4 Å². The third-order valence-electron chi connectivity index (χ3n) is 5.37. The van der Waals surface area contributed by atoms with E-state index < -0.39 is 0 Å². The first-order valence-electron chi connectivity index (χ1n) is 10.3. The summed E-state index contributed by atoms with van der Waals surface area (Å²) in [5.74, 6) is 0.841. The Morgan fingerprint density at radius 2 is 2.18 bits per heavy atom. The second-order valence-corrected chi connectivity index (χ2v) is 7.55. The lowest BCUT2D eigenvalue weighted by Gasteiger charge is -2.32. The number of aromatic nitrogens is 4. The average Bonchev–Trinajstić information content (AvgIpc) is 2.99. The number of rotatable bonds is 10. The summed E-state index contributed by atoms with van der Waals surface area (Å²) in [5.41, 5.74) is 6.76. The van der Waals surface area contributed by atoms with E-state index in [1.54, 1.807) is 4.57 Å². The van der Waals surface area contributed by atoms with Gasteiger partial charge in [-0.2, -0.15) is 9.97 Å². The normalized spacial score (nSPS) is 18.0. The van der Waals surface area contributed by atoms with Crippen molar-refractivity contribution in [2.45, 2.75) is 52.0 Å². The number of imidazole rings is 1. The first-order valence-corrected chi connectivity index (χ1v) is 10.3. The number of aliphatic hydroxyl groups excluding tert-OH is 1. The highest BCUT2D eigenvalue weighted by Gasteiger charge is 2.20. The number of nitrogens with two attached hydrogens (primary N) is 1. The Labute approximate surface area is 164 Å². The number of hydrogen-bond acceptors (Lipinski definition) is 7. The Morgan fingerprint density at radius 1 is 1.32 bits per heavy atom. The number of aliphatic hydroxyl groups is 1. The number of nitrogens with zero attached hydrogens (tertiary/aromatic N) is 4. The van der Waals surface area contributed by atoms with E-state index in [2.05, 4.69) is 26.8 Å². The number of H-pyrrole nitrogens is 1. The van der Waals surface area contributed by atoms with Gasteiger partial charge >= 0.3 is 11.7 Å². The molecular formula is C19H32N6O3. The third kappa shape index (κ3) is 5.02. The molecule has 1 saturated heterocycles. The highest BCUT2D eigenvalue weighted by atomic mass is 16.5. The van der Waals surface area contributed by atoms with Crippen molar-refractivity contribution in [3.8, 4) is 6.01 Å². The summed E-state index contributed by atoms with van der Waals surface area (Å²) < 4.78 is 7.21. The van der Waals surface area contributed by atoms with Crippen LogP contribution < -0.4 is 16.2 Å². The van der Waals surface area contributed by atoms with Crippen LogP contribution in [0.3, 0.4) is 0 Å². The Bertz CT molecular complexity index is 816. The molecule has 156 valence electrons. The number of aryl methyl sites for hydroxylation is 1. The van der Waals surface area contributed by atoms with Crippen molar-refractivity contribution < 1.29 is 9.84 Å². The topological polar surface area (TPSA) is 122 Å². The Hall–Kier alpha value is -2.13. The number of piperidine rings is 1. The molecule has 0 radical (unpaired) electrons. The lowest BCUT2D eigenvalue weighted by atomic mass is 9.93. The molecule has 28 heavy (non-hydrogen) atoms. The zero-order valence-electron chi connectivity index (χ0n) is 16.7. The van der Waals surface area contributed by atoms with Crippen LogP contribution >= 0.6 is 0 Å². The number of hydrogen-bond donors (Lipinski definition) is 3. The molecule has 3 heterocycles. The van der Waals surface area contributed by atoms with Gasteiger partial charge < -0.3 is 25.5 Å². The summed E-state index contributed by atoms with van der Waals surface area (Å²) in [5, 5.41) is 9.13.